The van der Waals surface area contributed by atoms with Crippen LogP contribution in [0.5, 0.6) is 11.5 Å². The van der Waals surface area contributed by atoms with Gasteiger partial charge in [0.1, 0.15) is 0 Å². The van der Waals surface area contributed by atoms with Crippen LogP contribution >= 0.6 is 0 Å². The minimum atomic E-state index is -2.56. The first-order valence-corrected chi connectivity index (χ1v) is 27.8. The van der Waals surface area contributed by atoms with Gasteiger partial charge in [0.15, 0.2) is 0 Å². The molecule has 0 aliphatic heterocycles. The van der Waals surface area contributed by atoms with Crippen molar-refractivity contribution in [2.24, 2.45) is 0 Å². The number of unbranched alkanes of at least 4 members (excludes halogenated alkanes) is 3. The topological polar surface area (TPSA) is 18.5 Å². The summed E-state index contributed by atoms with van der Waals surface area (Å²) in [5.74, 6) is 2.04. The van der Waals surface area contributed by atoms with E-state index >= 15 is 0 Å². The van der Waals surface area contributed by atoms with E-state index in [0.29, 0.717) is 0 Å². The summed E-state index contributed by atoms with van der Waals surface area (Å²) < 4.78 is 20.1. The second-order valence-electron chi connectivity index (χ2n) is 14.0. The molecule has 2 nitrogen and oxygen atoms in total. The molecule has 0 N–H and O–H groups in total. The van der Waals surface area contributed by atoms with Crippen molar-refractivity contribution in [2.75, 3.05) is 0 Å². The average Bonchev–Trinajstić information content (AvgIpc) is 2.73. The van der Waals surface area contributed by atoms with E-state index in [1.807, 2.05) is 0 Å². The van der Waals surface area contributed by atoms with Gasteiger partial charge in [-0.05, 0) is 0 Å². The van der Waals surface area contributed by atoms with Gasteiger partial charge in [-0.1, -0.05) is 0 Å². The fourth-order valence-electron chi connectivity index (χ4n) is 4.21. The molecule has 0 fully saturated rings. The minimum absolute atomic E-state index is 0.157. The third-order valence-corrected chi connectivity index (χ3v) is 33.2. The molecule has 0 saturated heterocycles. The molecule has 0 unspecified atom stereocenters. The molecule has 0 amide bonds. The van der Waals surface area contributed by atoms with Crippen LogP contribution in [0.1, 0.15) is 101 Å². The summed E-state index contributed by atoms with van der Waals surface area (Å²) in [6.07, 6.45) is 8.04. The van der Waals surface area contributed by atoms with Crippen molar-refractivity contribution >= 4 is 38.6 Å². The van der Waals surface area contributed by atoms with Gasteiger partial charge < -0.3 is 0 Å². The summed E-state index contributed by atoms with van der Waals surface area (Å²) in [6, 6.07) is 7.30. The van der Waals surface area contributed by atoms with Crippen LogP contribution in [0, 0.1) is 0 Å². The van der Waals surface area contributed by atoms with Gasteiger partial charge in [0, 0.05) is 0 Å². The molecular weight excluding hydrogens is 567 g/mol. The van der Waals surface area contributed by atoms with Gasteiger partial charge in [-0.25, -0.2) is 0 Å². The Bertz CT molecular complexity index is 754. The molecule has 5 heteroatoms. The number of hydrogen-bond donors (Lipinski definition) is 0. The third-order valence-electron chi connectivity index (χ3n) is 8.93. The molecule has 0 aromatic heterocycles. The Hall–Kier alpha value is 0.0525. The van der Waals surface area contributed by atoms with Crippen LogP contribution in [-0.2, 0) is 0 Å². The Morgan fingerprint density at radius 1 is 0.629 bits per heavy atom. The molecule has 0 bridgehead atoms. The van der Waals surface area contributed by atoms with Crippen LogP contribution in [0.25, 0.3) is 0 Å². The van der Waals surface area contributed by atoms with Gasteiger partial charge >= 0.3 is 228 Å². The van der Waals surface area contributed by atoms with E-state index in [1.165, 1.54) is 51.8 Å². The standard InChI is InChI=1S/C18H33O2Si2.3C4H9.Sn/c1-17(2,3)21(7,8)19-15-13-11-12-14-16(15)20-22(9,10)18(4,5)6;3*1-3-4-2;/h11,13-14H,1-10H3;3*1,3-4H2,2H3;. The van der Waals surface area contributed by atoms with Crippen molar-refractivity contribution in [2.45, 2.75) is 150 Å². The molecule has 204 valence electrons. The average molecular weight is 628 g/mol. The van der Waals surface area contributed by atoms with Crippen molar-refractivity contribution in [3.63, 3.8) is 0 Å². The first-order chi connectivity index (χ1) is 16.0. The van der Waals surface area contributed by atoms with Crippen LogP contribution in [0.2, 0.25) is 49.6 Å². The zero-order valence-corrected chi connectivity index (χ0v) is 30.8. The van der Waals surface area contributed by atoms with Crippen molar-refractivity contribution in [3.05, 3.63) is 18.2 Å². The van der Waals surface area contributed by atoms with Gasteiger partial charge in [-0.15, -0.1) is 0 Å². The van der Waals surface area contributed by atoms with Gasteiger partial charge in [-0.3, -0.25) is 0 Å². The number of hydrogen-bond acceptors (Lipinski definition) is 2. The summed E-state index contributed by atoms with van der Waals surface area (Å²) >= 11 is -2.56. The predicted octanol–water partition coefficient (Wildman–Crippen LogP) is 10.5. The molecule has 0 aliphatic rings. The Balaban J connectivity index is 3.70. The zero-order valence-electron chi connectivity index (χ0n) is 25.9. The molecule has 1 aromatic carbocycles. The SMILES string of the molecule is CCC[CH2][Sn]([CH2]CCC)([CH2]CCC)[c]1ccc(O[Si](C)(C)C(C)(C)C)c(O[Si](C)(C)C(C)(C)C)c1. The van der Waals surface area contributed by atoms with Gasteiger partial charge in [-0.2, -0.15) is 0 Å². The third kappa shape index (κ3) is 9.09. The Labute approximate surface area is 226 Å². The second kappa shape index (κ2) is 13.2. The number of rotatable bonds is 14. The van der Waals surface area contributed by atoms with Crippen molar-refractivity contribution < 1.29 is 8.85 Å². The first-order valence-electron chi connectivity index (χ1n) is 14.5. The van der Waals surface area contributed by atoms with Crippen LogP contribution < -0.4 is 12.4 Å². The van der Waals surface area contributed by atoms with Crippen LogP contribution in [-0.4, -0.2) is 35.0 Å². The number of benzene rings is 1. The maximum absolute atomic E-state index is 7.07. The molecule has 0 heterocycles. The summed E-state index contributed by atoms with van der Waals surface area (Å²) in [6.45, 7) is 30.5. The van der Waals surface area contributed by atoms with E-state index in [1.54, 1.807) is 3.58 Å². The quantitative estimate of drug-likeness (QED) is 0.191. The van der Waals surface area contributed by atoms with E-state index < -0.39 is 35.0 Å². The summed E-state index contributed by atoms with van der Waals surface area (Å²) in [4.78, 5) is 0. The Morgan fingerprint density at radius 2 is 1.00 bits per heavy atom. The van der Waals surface area contributed by atoms with Crippen LogP contribution in [0.4, 0.5) is 0 Å². The summed E-state index contributed by atoms with van der Waals surface area (Å²) in [5.41, 5.74) is 0. The maximum atomic E-state index is 7.07. The first kappa shape index (κ1) is 33.1. The molecule has 0 radical (unpaired) electrons. The van der Waals surface area contributed by atoms with Crippen molar-refractivity contribution in [3.8, 4) is 11.5 Å². The van der Waals surface area contributed by atoms with Gasteiger partial charge in [0.25, 0.3) is 0 Å². The fourth-order valence-corrected chi connectivity index (χ4v) is 22.2. The van der Waals surface area contributed by atoms with E-state index in [0.717, 1.165) is 11.5 Å². The van der Waals surface area contributed by atoms with E-state index in [9.17, 15) is 0 Å². The van der Waals surface area contributed by atoms with E-state index in [2.05, 4.69) is 107 Å². The molecule has 1 aromatic rings. The molecule has 1 rings (SSSR count). The molecule has 0 saturated carbocycles. The molecule has 0 spiro atoms. The summed E-state index contributed by atoms with van der Waals surface area (Å²) in [7, 11) is -3.97. The second-order valence-corrected chi connectivity index (χ2v) is 36.7. The van der Waals surface area contributed by atoms with Crippen molar-refractivity contribution in [1.82, 2.24) is 0 Å². The Morgan fingerprint density at radius 3 is 1.34 bits per heavy atom. The fraction of sp³-hybridized carbons (Fsp3) is 0.800. The van der Waals surface area contributed by atoms with Crippen LogP contribution in [0.3, 0.4) is 0 Å². The molecule has 0 atom stereocenters. The van der Waals surface area contributed by atoms with E-state index in [4.69, 9.17) is 8.85 Å². The monoisotopic (exact) mass is 628 g/mol. The van der Waals surface area contributed by atoms with Gasteiger partial charge in [0.05, 0.1) is 0 Å². The molecular formula is C30H60O2Si2Sn. The Kier molecular flexibility index (Phi) is 12.5. The molecule has 0 aliphatic carbocycles. The zero-order chi connectivity index (χ0) is 27.1. The van der Waals surface area contributed by atoms with Crippen molar-refractivity contribution in [1.29, 1.82) is 0 Å². The predicted molar refractivity (Wildman–Crippen MR) is 167 cm³/mol. The van der Waals surface area contributed by atoms with Gasteiger partial charge in [0.2, 0.25) is 0 Å². The summed E-state index contributed by atoms with van der Waals surface area (Å²) in [5, 5.41) is 0.316. The normalized spacial score (nSPS) is 13.7. The van der Waals surface area contributed by atoms with E-state index in [-0.39, 0.29) is 10.1 Å². The molecule has 35 heavy (non-hydrogen) atoms. The van der Waals surface area contributed by atoms with Crippen LogP contribution in [0.15, 0.2) is 18.2 Å².